The van der Waals surface area contributed by atoms with Gasteiger partial charge in [0.2, 0.25) is 11.8 Å². The Morgan fingerprint density at radius 2 is 1.73 bits per heavy atom. The summed E-state index contributed by atoms with van der Waals surface area (Å²) < 4.78 is 16.6. The molecule has 3 amide bonds. The summed E-state index contributed by atoms with van der Waals surface area (Å²) >= 11 is 0. The van der Waals surface area contributed by atoms with Crippen LogP contribution in [0.5, 0.6) is 17.2 Å². The molecular weight excluding hydrogens is 512 g/mol. The molecule has 0 aromatic heterocycles. The molecule has 40 heavy (non-hydrogen) atoms. The molecule has 1 saturated heterocycles. The maximum atomic E-state index is 12.9. The first-order valence-electron chi connectivity index (χ1n) is 13.2. The Balaban J connectivity index is 1.34. The van der Waals surface area contributed by atoms with Crippen LogP contribution in [-0.4, -0.2) is 44.6 Å². The zero-order chi connectivity index (χ0) is 28.5. The van der Waals surface area contributed by atoms with Crippen LogP contribution >= 0.6 is 0 Å². The number of amides is 3. The topological polar surface area (TPSA) is 118 Å². The van der Waals surface area contributed by atoms with Crippen molar-refractivity contribution in [3.05, 3.63) is 72.3 Å². The van der Waals surface area contributed by atoms with Gasteiger partial charge in [0.15, 0.2) is 18.1 Å². The van der Waals surface area contributed by atoms with Gasteiger partial charge < -0.3 is 24.4 Å². The summed E-state index contributed by atoms with van der Waals surface area (Å²) in [6.07, 6.45) is 1.02. The molecule has 0 radical (unpaired) electrons. The molecule has 210 valence electrons. The lowest BCUT2D eigenvalue weighted by atomic mass is 10.1. The minimum atomic E-state index is -0.527. The van der Waals surface area contributed by atoms with Crippen LogP contribution < -0.4 is 35.3 Å². The average Bonchev–Trinajstić information content (AvgIpc) is 3.37. The second kappa shape index (κ2) is 13.4. The lowest BCUT2D eigenvalue weighted by Crippen LogP contribution is -2.36. The molecule has 4 rings (SSSR count). The number of hydrogen-bond acceptors (Lipinski definition) is 7. The number of nitrogens with one attached hydrogen (secondary N) is 3. The van der Waals surface area contributed by atoms with Gasteiger partial charge in [-0.15, -0.1) is 0 Å². The molecule has 0 unspecified atom stereocenters. The van der Waals surface area contributed by atoms with Gasteiger partial charge in [-0.3, -0.25) is 25.2 Å². The molecule has 1 aliphatic rings. The van der Waals surface area contributed by atoms with E-state index in [-0.39, 0.29) is 43.0 Å². The number of benzene rings is 3. The monoisotopic (exact) mass is 546 g/mol. The van der Waals surface area contributed by atoms with Crippen molar-refractivity contribution >= 4 is 34.8 Å². The van der Waals surface area contributed by atoms with Gasteiger partial charge in [-0.05, 0) is 67.4 Å². The third-order valence-electron chi connectivity index (χ3n) is 6.47. The summed E-state index contributed by atoms with van der Waals surface area (Å²) in [5.74, 6) is 0.0145. The maximum absolute atomic E-state index is 12.9. The fourth-order valence-electron chi connectivity index (χ4n) is 4.34. The van der Waals surface area contributed by atoms with Crippen molar-refractivity contribution in [2.45, 2.75) is 26.7 Å². The average molecular weight is 547 g/mol. The van der Waals surface area contributed by atoms with Crippen molar-refractivity contribution in [1.29, 1.82) is 0 Å². The molecule has 0 bridgehead atoms. The van der Waals surface area contributed by atoms with E-state index in [4.69, 9.17) is 14.2 Å². The van der Waals surface area contributed by atoms with Crippen molar-refractivity contribution in [2.24, 2.45) is 5.92 Å². The summed E-state index contributed by atoms with van der Waals surface area (Å²) in [7, 11) is 1.48. The molecule has 3 aromatic rings. The number of nitrogens with zero attached hydrogens (tertiary/aromatic N) is 1. The van der Waals surface area contributed by atoms with Crippen molar-refractivity contribution in [3.8, 4) is 17.2 Å². The number of anilines is 3. The Labute approximate surface area is 233 Å². The molecule has 0 spiro atoms. The van der Waals surface area contributed by atoms with E-state index in [1.165, 1.54) is 12.7 Å². The van der Waals surface area contributed by atoms with Crippen LogP contribution in [0.1, 0.15) is 25.8 Å². The highest BCUT2D eigenvalue weighted by Gasteiger charge is 2.35. The highest BCUT2D eigenvalue weighted by Crippen LogP contribution is 2.35. The number of carbonyl (C=O) groups excluding carboxylic acids is 3. The third-order valence-corrected chi connectivity index (χ3v) is 6.47. The van der Waals surface area contributed by atoms with Crippen LogP contribution in [0.3, 0.4) is 0 Å². The number of para-hydroxylation sites is 1. The summed E-state index contributed by atoms with van der Waals surface area (Å²) in [4.78, 5) is 39.7. The Kier molecular flexibility index (Phi) is 9.45. The summed E-state index contributed by atoms with van der Waals surface area (Å²) in [5, 5.41) is 2.77. The molecule has 1 aliphatic heterocycles. The van der Waals surface area contributed by atoms with E-state index < -0.39 is 5.92 Å². The zero-order valence-corrected chi connectivity index (χ0v) is 22.9. The Morgan fingerprint density at radius 1 is 0.975 bits per heavy atom. The first kappa shape index (κ1) is 28.3. The number of ether oxygens (including phenoxy) is 3. The number of carbonyl (C=O) groups is 3. The van der Waals surface area contributed by atoms with E-state index in [1.54, 1.807) is 47.4 Å². The highest BCUT2D eigenvalue weighted by atomic mass is 16.5. The molecule has 3 aromatic carbocycles. The van der Waals surface area contributed by atoms with E-state index in [0.717, 1.165) is 12.1 Å². The van der Waals surface area contributed by atoms with Crippen molar-refractivity contribution in [3.63, 3.8) is 0 Å². The molecule has 1 fully saturated rings. The number of aryl methyl sites for hydroxylation is 1. The minimum Gasteiger partial charge on any atom is -0.494 e. The number of hydrogen-bond donors (Lipinski definition) is 3. The van der Waals surface area contributed by atoms with Crippen molar-refractivity contribution < 1.29 is 28.6 Å². The van der Waals surface area contributed by atoms with Crippen LogP contribution in [0, 0.1) is 5.92 Å². The van der Waals surface area contributed by atoms with Gasteiger partial charge in [0.05, 0.1) is 25.3 Å². The smallest absolute Gasteiger partial charge is 0.262 e. The molecule has 3 N–H and O–H groups in total. The first-order valence-corrected chi connectivity index (χ1v) is 13.2. The van der Waals surface area contributed by atoms with Crippen LogP contribution in [0.25, 0.3) is 0 Å². The van der Waals surface area contributed by atoms with E-state index >= 15 is 0 Å². The molecule has 0 saturated carbocycles. The summed E-state index contributed by atoms with van der Waals surface area (Å²) in [5.41, 5.74) is 8.49. The van der Waals surface area contributed by atoms with E-state index in [9.17, 15) is 14.4 Å². The van der Waals surface area contributed by atoms with E-state index in [0.29, 0.717) is 29.5 Å². The largest absolute Gasteiger partial charge is 0.494 e. The first-order chi connectivity index (χ1) is 19.4. The zero-order valence-electron chi connectivity index (χ0n) is 22.9. The van der Waals surface area contributed by atoms with E-state index in [2.05, 4.69) is 23.1 Å². The quantitative estimate of drug-likeness (QED) is 0.292. The maximum Gasteiger partial charge on any atom is 0.262 e. The molecule has 1 heterocycles. The number of rotatable bonds is 12. The lowest BCUT2D eigenvalue weighted by molar-refractivity contribution is -0.125. The van der Waals surface area contributed by atoms with E-state index in [1.807, 2.05) is 31.2 Å². The van der Waals surface area contributed by atoms with Gasteiger partial charge in [0.25, 0.3) is 5.91 Å². The third kappa shape index (κ3) is 7.02. The van der Waals surface area contributed by atoms with Crippen LogP contribution in [0.15, 0.2) is 66.7 Å². The molecule has 1 atom stereocenters. The molecule has 10 nitrogen and oxygen atoms in total. The Bertz CT molecular complexity index is 1330. The summed E-state index contributed by atoms with van der Waals surface area (Å²) in [6, 6.07) is 19.9. The fourth-order valence-corrected chi connectivity index (χ4v) is 4.34. The summed E-state index contributed by atoms with van der Waals surface area (Å²) in [6.45, 7) is 4.51. The lowest BCUT2D eigenvalue weighted by Gasteiger charge is -2.19. The predicted octanol–water partition coefficient (Wildman–Crippen LogP) is 4.17. The number of methoxy groups -OCH3 is 1. The Morgan fingerprint density at radius 3 is 2.40 bits per heavy atom. The van der Waals surface area contributed by atoms with Crippen LogP contribution in [0.2, 0.25) is 0 Å². The molecule has 10 heteroatoms. The van der Waals surface area contributed by atoms with Crippen molar-refractivity contribution in [2.75, 3.05) is 42.5 Å². The SMILES string of the molecule is CCOc1ccc(NC(=O)COc2c(NNC(=O)[C@H]3CC(=O)N(c4ccc(CC)cc4)C3)cccc2OC)cc1. The highest BCUT2D eigenvalue weighted by molar-refractivity contribution is 6.00. The van der Waals surface area contributed by atoms with Gasteiger partial charge in [-0.1, -0.05) is 25.1 Å². The van der Waals surface area contributed by atoms with Gasteiger partial charge in [0.1, 0.15) is 5.75 Å². The second-order valence-corrected chi connectivity index (χ2v) is 9.17. The minimum absolute atomic E-state index is 0.103. The van der Waals surface area contributed by atoms with Crippen LogP contribution in [-0.2, 0) is 20.8 Å². The molecule has 0 aliphatic carbocycles. The van der Waals surface area contributed by atoms with Gasteiger partial charge >= 0.3 is 0 Å². The fraction of sp³-hybridized carbons (Fsp3) is 0.300. The molecular formula is C30H34N4O6. The Hall–Kier alpha value is -4.73. The van der Waals surface area contributed by atoms with Gasteiger partial charge in [0, 0.05) is 24.3 Å². The second-order valence-electron chi connectivity index (χ2n) is 9.17. The standard InChI is InChI=1S/C30H34N4O6/c1-4-20-9-13-23(14-10-20)34-18-21(17-28(34)36)30(37)33-32-25-7-6-8-26(38-3)29(25)40-19-27(35)31-22-11-15-24(16-12-22)39-5-2/h6-16,21,32H,4-5,17-19H2,1-3H3,(H,31,35)(H,33,37)/t21-/m0/s1. The van der Waals surface area contributed by atoms with Crippen molar-refractivity contribution in [1.82, 2.24) is 5.43 Å². The number of hydrazine groups is 1. The van der Waals surface area contributed by atoms with Crippen LogP contribution in [0.4, 0.5) is 17.1 Å². The normalized spacial score (nSPS) is 14.4. The van der Waals surface area contributed by atoms with Gasteiger partial charge in [-0.2, -0.15) is 0 Å². The predicted molar refractivity (Wildman–Crippen MR) is 153 cm³/mol. The van der Waals surface area contributed by atoms with Gasteiger partial charge in [-0.25, -0.2) is 0 Å².